The van der Waals surface area contributed by atoms with Crippen LogP contribution in [0.3, 0.4) is 0 Å². The van der Waals surface area contributed by atoms with Crippen molar-refractivity contribution in [2.24, 2.45) is 22.7 Å². The molecule has 1 nitrogen and oxygen atoms in total. The highest BCUT2D eigenvalue weighted by Gasteiger charge is 2.60. The third kappa shape index (κ3) is 0.834. The Morgan fingerprint density at radius 1 is 1.17 bits per heavy atom. The van der Waals surface area contributed by atoms with Gasteiger partial charge in [-0.2, -0.15) is 0 Å². The molecule has 3 rings (SSSR count). The van der Waals surface area contributed by atoms with E-state index in [1.54, 1.807) is 0 Å². The molecule has 0 heterocycles. The fourth-order valence-corrected chi connectivity index (χ4v) is 3.76. The van der Waals surface area contributed by atoms with Crippen LogP contribution in [-0.4, -0.2) is 11.2 Å². The van der Waals surface area contributed by atoms with Crippen LogP contribution in [0.15, 0.2) is 0 Å². The summed E-state index contributed by atoms with van der Waals surface area (Å²) in [4.78, 5) is 0. The highest BCUT2D eigenvalue weighted by Crippen LogP contribution is 2.65. The molecule has 70 valence electrons. The zero-order valence-electron chi connectivity index (χ0n) is 8.59. The van der Waals surface area contributed by atoms with Crippen molar-refractivity contribution in [3.05, 3.63) is 0 Å². The maximum atomic E-state index is 9.89. The molecule has 0 saturated heterocycles. The van der Waals surface area contributed by atoms with Crippen molar-refractivity contribution in [3.63, 3.8) is 0 Å². The van der Waals surface area contributed by atoms with Crippen molar-refractivity contribution in [2.75, 3.05) is 0 Å². The van der Waals surface area contributed by atoms with Gasteiger partial charge in [-0.05, 0) is 35.5 Å². The van der Waals surface area contributed by atoms with Crippen molar-refractivity contribution >= 4 is 0 Å². The molecule has 3 saturated carbocycles. The summed E-state index contributed by atoms with van der Waals surface area (Å²) in [7, 11) is 0. The fourth-order valence-electron chi connectivity index (χ4n) is 3.76. The molecule has 3 aliphatic carbocycles. The van der Waals surface area contributed by atoms with Gasteiger partial charge in [-0.1, -0.05) is 27.7 Å². The molecule has 12 heavy (non-hydrogen) atoms. The molecule has 0 aromatic carbocycles. The van der Waals surface area contributed by atoms with Crippen LogP contribution in [-0.2, 0) is 0 Å². The summed E-state index contributed by atoms with van der Waals surface area (Å²) < 4.78 is 0. The van der Waals surface area contributed by atoms with Gasteiger partial charge in [0.2, 0.25) is 0 Å². The Kier molecular flexibility index (Phi) is 1.47. The maximum Gasteiger partial charge on any atom is 0.0578 e. The fraction of sp³-hybridized carbons (Fsp3) is 1.00. The van der Waals surface area contributed by atoms with Gasteiger partial charge >= 0.3 is 0 Å². The van der Waals surface area contributed by atoms with Gasteiger partial charge in [0.25, 0.3) is 0 Å². The van der Waals surface area contributed by atoms with Crippen LogP contribution in [0.1, 0.15) is 40.5 Å². The molecule has 0 unspecified atom stereocenters. The SMILES string of the molecule is CC1(C)C[C@@H](O)[C@H]2C[C@H]1C2(C)C. The molecule has 3 atom stereocenters. The Morgan fingerprint density at radius 2 is 1.75 bits per heavy atom. The minimum absolute atomic E-state index is 0.0417. The van der Waals surface area contributed by atoms with E-state index < -0.39 is 0 Å². The summed E-state index contributed by atoms with van der Waals surface area (Å²) in [6, 6.07) is 0. The molecule has 0 spiro atoms. The molecule has 1 heteroatoms. The molecular weight excluding hydrogens is 148 g/mol. The number of hydrogen-bond donors (Lipinski definition) is 1. The molecule has 0 aromatic heterocycles. The zero-order valence-corrected chi connectivity index (χ0v) is 8.59. The monoisotopic (exact) mass is 168 g/mol. The van der Waals surface area contributed by atoms with Crippen LogP contribution in [0.4, 0.5) is 0 Å². The molecule has 3 aliphatic rings. The van der Waals surface area contributed by atoms with E-state index in [-0.39, 0.29) is 6.10 Å². The summed E-state index contributed by atoms with van der Waals surface area (Å²) in [6.45, 7) is 9.24. The molecule has 1 N–H and O–H groups in total. The maximum absolute atomic E-state index is 9.89. The summed E-state index contributed by atoms with van der Waals surface area (Å²) in [5, 5.41) is 9.89. The van der Waals surface area contributed by atoms with Gasteiger partial charge in [-0.15, -0.1) is 0 Å². The Balaban J connectivity index is 2.28. The van der Waals surface area contributed by atoms with E-state index in [0.717, 1.165) is 12.3 Å². The van der Waals surface area contributed by atoms with Gasteiger partial charge < -0.3 is 5.11 Å². The number of hydrogen-bond acceptors (Lipinski definition) is 1. The third-order valence-corrected chi connectivity index (χ3v) is 4.49. The standard InChI is InChI=1S/C11H20O/c1-10(2)6-8(12)7-5-9(10)11(7,3)4/h7-9,12H,5-6H2,1-4H3/t7-,8-,9-/m1/s1. The lowest BCUT2D eigenvalue weighted by atomic mass is 9.41. The predicted octanol–water partition coefficient (Wildman–Crippen LogP) is 2.44. The molecule has 0 aliphatic heterocycles. The van der Waals surface area contributed by atoms with Crippen LogP contribution >= 0.6 is 0 Å². The minimum Gasteiger partial charge on any atom is -0.393 e. The Morgan fingerprint density at radius 3 is 2.08 bits per heavy atom. The summed E-state index contributed by atoms with van der Waals surface area (Å²) >= 11 is 0. The number of rotatable bonds is 0. The largest absolute Gasteiger partial charge is 0.393 e. The van der Waals surface area contributed by atoms with Gasteiger partial charge in [0.15, 0.2) is 0 Å². The van der Waals surface area contributed by atoms with Gasteiger partial charge in [0.05, 0.1) is 6.10 Å². The second kappa shape index (κ2) is 2.06. The highest BCUT2D eigenvalue weighted by atomic mass is 16.3. The van der Waals surface area contributed by atoms with Crippen LogP contribution < -0.4 is 0 Å². The Labute approximate surface area is 75.2 Å². The first-order chi connectivity index (χ1) is 5.36. The summed E-state index contributed by atoms with van der Waals surface area (Å²) in [5.41, 5.74) is 0.749. The van der Waals surface area contributed by atoms with Crippen LogP contribution in [0.2, 0.25) is 0 Å². The molecule has 2 bridgehead atoms. The van der Waals surface area contributed by atoms with E-state index in [9.17, 15) is 5.11 Å². The second-order valence-corrected chi connectivity index (χ2v) is 5.98. The normalized spacial score (nSPS) is 48.2. The number of aliphatic hydroxyl groups excluding tert-OH is 1. The topological polar surface area (TPSA) is 20.2 Å². The smallest absolute Gasteiger partial charge is 0.0578 e. The Bertz CT molecular complexity index is 197. The van der Waals surface area contributed by atoms with E-state index in [1.165, 1.54) is 6.42 Å². The zero-order chi connectivity index (χ0) is 9.15. The van der Waals surface area contributed by atoms with E-state index in [2.05, 4.69) is 27.7 Å². The lowest BCUT2D eigenvalue weighted by Crippen LogP contribution is -2.61. The molecular formula is C11H20O. The first-order valence-corrected chi connectivity index (χ1v) is 5.04. The average Bonchev–Trinajstić information content (AvgIpc) is 1.81. The van der Waals surface area contributed by atoms with Crippen molar-refractivity contribution in [3.8, 4) is 0 Å². The second-order valence-electron chi connectivity index (χ2n) is 5.98. The van der Waals surface area contributed by atoms with Crippen LogP contribution in [0, 0.1) is 22.7 Å². The van der Waals surface area contributed by atoms with Gasteiger partial charge in [0.1, 0.15) is 0 Å². The van der Waals surface area contributed by atoms with E-state index >= 15 is 0 Å². The van der Waals surface area contributed by atoms with Gasteiger partial charge in [0, 0.05) is 0 Å². The van der Waals surface area contributed by atoms with Crippen LogP contribution in [0.25, 0.3) is 0 Å². The lowest BCUT2D eigenvalue weighted by molar-refractivity contribution is -0.201. The molecule has 0 radical (unpaired) electrons. The van der Waals surface area contributed by atoms with Crippen LogP contribution in [0.5, 0.6) is 0 Å². The number of aliphatic hydroxyl groups is 1. The molecule has 0 amide bonds. The minimum atomic E-state index is -0.0417. The Hall–Kier alpha value is -0.0400. The van der Waals surface area contributed by atoms with E-state index in [1.807, 2.05) is 0 Å². The first kappa shape index (κ1) is 8.55. The van der Waals surface area contributed by atoms with Gasteiger partial charge in [-0.3, -0.25) is 0 Å². The summed E-state index contributed by atoms with van der Waals surface area (Å²) in [6.07, 6.45) is 2.22. The van der Waals surface area contributed by atoms with Crippen molar-refractivity contribution in [2.45, 2.75) is 46.6 Å². The average molecular weight is 168 g/mol. The highest BCUT2D eigenvalue weighted by molar-refractivity contribution is 5.10. The van der Waals surface area contributed by atoms with E-state index in [4.69, 9.17) is 0 Å². The molecule has 3 fully saturated rings. The van der Waals surface area contributed by atoms with Gasteiger partial charge in [-0.25, -0.2) is 0 Å². The third-order valence-electron chi connectivity index (χ3n) is 4.49. The lowest BCUT2D eigenvalue weighted by Gasteiger charge is -2.65. The quantitative estimate of drug-likeness (QED) is 0.589. The van der Waals surface area contributed by atoms with E-state index in [0.29, 0.717) is 16.7 Å². The predicted molar refractivity (Wildman–Crippen MR) is 49.8 cm³/mol. The summed E-state index contributed by atoms with van der Waals surface area (Å²) in [5.74, 6) is 1.41. The van der Waals surface area contributed by atoms with Crippen molar-refractivity contribution in [1.29, 1.82) is 0 Å². The number of fused-ring (bicyclic) bond motifs is 2. The first-order valence-electron chi connectivity index (χ1n) is 5.04. The molecule has 0 aromatic rings. The van der Waals surface area contributed by atoms with Crippen molar-refractivity contribution in [1.82, 2.24) is 0 Å². The van der Waals surface area contributed by atoms with Crippen molar-refractivity contribution < 1.29 is 5.11 Å².